The molecule has 4 aromatic rings. The van der Waals surface area contributed by atoms with Crippen LogP contribution >= 0.6 is 0 Å². The van der Waals surface area contributed by atoms with Gasteiger partial charge in [-0.05, 0) is 43.2 Å². The first kappa shape index (κ1) is 19.3. The van der Waals surface area contributed by atoms with Crippen LogP contribution in [-0.2, 0) is 11.3 Å². The molecule has 2 N–H and O–H groups in total. The number of carbonyl (C=O) groups is 1. The molecule has 1 fully saturated rings. The maximum atomic E-state index is 13.1. The van der Waals surface area contributed by atoms with Crippen molar-refractivity contribution in [3.05, 3.63) is 82.3 Å². The third kappa shape index (κ3) is 3.64. The molecule has 7 nitrogen and oxygen atoms in total. The van der Waals surface area contributed by atoms with Crippen LogP contribution in [0.2, 0.25) is 0 Å². The third-order valence-electron chi connectivity index (χ3n) is 5.59. The number of ketones is 1. The molecule has 2 aromatic carbocycles. The second-order valence-corrected chi connectivity index (χ2v) is 7.68. The van der Waals surface area contributed by atoms with Crippen LogP contribution in [0.15, 0.2) is 65.6 Å². The number of carbonyl (C=O) groups excluding carboxylic acids is 1. The van der Waals surface area contributed by atoms with Crippen LogP contribution in [0.1, 0.15) is 28.8 Å². The number of nitrogens with one attached hydrogen (secondary N) is 1. The Labute approximate surface area is 178 Å². The van der Waals surface area contributed by atoms with Crippen molar-refractivity contribution in [1.82, 2.24) is 14.5 Å². The highest BCUT2D eigenvalue weighted by molar-refractivity contribution is 6.11. The first-order chi connectivity index (χ1) is 15.1. The molecule has 5 rings (SSSR count). The largest absolute Gasteiger partial charge is 0.507 e. The number of rotatable bonds is 5. The van der Waals surface area contributed by atoms with E-state index in [2.05, 4.69) is 9.97 Å². The van der Waals surface area contributed by atoms with Gasteiger partial charge in [-0.3, -0.25) is 9.59 Å². The number of hydrogen-bond acceptors (Lipinski definition) is 5. The predicted octanol–water partition coefficient (Wildman–Crippen LogP) is 3.51. The van der Waals surface area contributed by atoms with Gasteiger partial charge in [-0.15, -0.1) is 0 Å². The lowest BCUT2D eigenvalue weighted by molar-refractivity contribution is 0.0970. The standard InChI is InChI=1S/C24H21N3O4/c28-21-10-4-2-8-18(21)22(29)15-12-20(27(13-15)14-16-6-5-11-31-16)23-25-19-9-3-1-7-17(19)24(30)26-23/h1-4,7-10,12-13,16,28H,5-6,11,14H2,(H,25,26,30)/t16-/m1/s1. The van der Waals surface area contributed by atoms with E-state index >= 15 is 0 Å². The molecule has 156 valence electrons. The van der Waals surface area contributed by atoms with Crippen LogP contribution in [0, 0.1) is 0 Å². The molecule has 1 aliphatic heterocycles. The van der Waals surface area contributed by atoms with E-state index in [1.807, 2.05) is 10.6 Å². The molecule has 31 heavy (non-hydrogen) atoms. The number of H-pyrrole nitrogens is 1. The van der Waals surface area contributed by atoms with Gasteiger partial charge < -0.3 is 19.4 Å². The molecule has 0 saturated carbocycles. The highest BCUT2D eigenvalue weighted by Gasteiger charge is 2.22. The van der Waals surface area contributed by atoms with Gasteiger partial charge in [0.15, 0.2) is 11.6 Å². The molecule has 1 aliphatic rings. The highest BCUT2D eigenvalue weighted by atomic mass is 16.5. The number of aromatic nitrogens is 3. The molecule has 3 heterocycles. The Morgan fingerprint density at radius 3 is 2.81 bits per heavy atom. The van der Waals surface area contributed by atoms with E-state index in [4.69, 9.17) is 4.74 Å². The minimum atomic E-state index is -0.298. The topological polar surface area (TPSA) is 97.2 Å². The van der Waals surface area contributed by atoms with Crippen LogP contribution in [0.4, 0.5) is 0 Å². The zero-order chi connectivity index (χ0) is 21.4. The summed E-state index contributed by atoms with van der Waals surface area (Å²) in [6.45, 7) is 1.26. The minimum Gasteiger partial charge on any atom is -0.507 e. The minimum absolute atomic E-state index is 0.0337. The number of fused-ring (bicyclic) bond motifs is 1. The van der Waals surface area contributed by atoms with E-state index in [-0.39, 0.29) is 28.8 Å². The zero-order valence-electron chi connectivity index (χ0n) is 16.7. The Kier molecular flexibility index (Phi) is 4.88. The number of para-hydroxylation sites is 2. The number of aromatic hydroxyl groups is 1. The summed E-state index contributed by atoms with van der Waals surface area (Å²) < 4.78 is 7.68. The number of nitrogens with zero attached hydrogens (tertiary/aromatic N) is 2. The van der Waals surface area contributed by atoms with Crippen molar-refractivity contribution < 1.29 is 14.6 Å². The quantitative estimate of drug-likeness (QED) is 0.486. The van der Waals surface area contributed by atoms with Crippen LogP contribution in [-0.4, -0.2) is 38.1 Å². The Bertz CT molecular complexity index is 1330. The molecule has 1 atom stereocenters. The second kappa shape index (κ2) is 7.85. The summed E-state index contributed by atoms with van der Waals surface area (Å²) in [5, 5.41) is 10.6. The second-order valence-electron chi connectivity index (χ2n) is 7.68. The molecule has 0 bridgehead atoms. The molecule has 0 unspecified atom stereocenters. The Hall–Kier alpha value is -3.71. The summed E-state index contributed by atoms with van der Waals surface area (Å²) in [6.07, 6.45) is 3.70. The first-order valence-corrected chi connectivity index (χ1v) is 10.2. The molecule has 1 saturated heterocycles. The predicted molar refractivity (Wildman–Crippen MR) is 116 cm³/mol. The fourth-order valence-corrected chi connectivity index (χ4v) is 4.02. The smallest absolute Gasteiger partial charge is 0.259 e. The van der Waals surface area contributed by atoms with E-state index in [1.165, 1.54) is 6.07 Å². The van der Waals surface area contributed by atoms with Gasteiger partial charge in [-0.25, -0.2) is 4.98 Å². The number of ether oxygens (including phenoxy) is 1. The van der Waals surface area contributed by atoms with Crippen molar-refractivity contribution in [2.75, 3.05) is 6.61 Å². The number of aromatic amines is 1. The Morgan fingerprint density at radius 1 is 1.19 bits per heavy atom. The molecule has 0 amide bonds. The monoisotopic (exact) mass is 415 g/mol. The first-order valence-electron chi connectivity index (χ1n) is 10.2. The summed E-state index contributed by atoms with van der Waals surface area (Å²) in [6, 6.07) is 15.3. The van der Waals surface area contributed by atoms with Gasteiger partial charge in [0, 0.05) is 24.9 Å². The summed E-state index contributed by atoms with van der Waals surface area (Å²) >= 11 is 0. The van der Waals surface area contributed by atoms with E-state index < -0.39 is 0 Å². The molecular weight excluding hydrogens is 394 g/mol. The normalized spacial score (nSPS) is 16.1. The van der Waals surface area contributed by atoms with Gasteiger partial charge in [-0.1, -0.05) is 24.3 Å². The average Bonchev–Trinajstić information content (AvgIpc) is 3.44. The van der Waals surface area contributed by atoms with Crippen molar-refractivity contribution in [2.24, 2.45) is 0 Å². The van der Waals surface area contributed by atoms with Gasteiger partial charge in [0.25, 0.3) is 5.56 Å². The van der Waals surface area contributed by atoms with Crippen molar-refractivity contribution in [1.29, 1.82) is 0 Å². The average molecular weight is 415 g/mol. The van der Waals surface area contributed by atoms with E-state index in [1.54, 1.807) is 48.7 Å². The zero-order valence-corrected chi connectivity index (χ0v) is 16.7. The van der Waals surface area contributed by atoms with E-state index in [9.17, 15) is 14.7 Å². The maximum absolute atomic E-state index is 13.1. The summed E-state index contributed by atoms with van der Waals surface area (Å²) in [5.41, 5.74) is 1.60. The van der Waals surface area contributed by atoms with Gasteiger partial charge in [-0.2, -0.15) is 0 Å². The number of phenolic OH excluding ortho intramolecular Hbond substituents is 1. The highest BCUT2D eigenvalue weighted by Crippen LogP contribution is 2.26. The maximum Gasteiger partial charge on any atom is 0.259 e. The fraction of sp³-hybridized carbons (Fsp3) is 0.208. The summed E-state index contributed by atoms with van der Waals surface area (Å²) in [4.78, 5) is 33.2. The number of phenols is 1. The Morgan fingerprint density at radius 2 is 2.00 bits per heavy atom. The lowest BCUT2D eigenvalue weighted by Gasteiger charge is -2.13. The summed E-state index contributed by atoms with van der Waals surface area (Å²) in [7, 11) is 0. The van der Waals surface area contributed by atoms with Gasteiger partial charge in [0.1, 0.15) is 5.75 Å². The van der Waals surface area contributed by atoms with Crippen molar-refractivity contribution >= 4 is 16.7 Å². The lowest BCUT2D eigenvalue weighted by atomic mass is 10.0. The number of benzene rings is 2. The SMILES string of the molecule is O=C(c1cc(-c2nc3ccccc3c(=O)[nH]2)n(C[C@H]2CCCO2)c1)c1ccccc1O. The van der Waals surface area contributed by atoms with Gasteiger partial charge in [0.05, 0.1) is 28.3 Å². The van der Waals surface area contributed by atoms with Gasteiger partial charge in [0.2, 0.25) is 0 Å². The van der Waals surface area contributed by atoms with Gasteiger partial charge >= 0.3 is 0 Å². The molecule has 0 spiro atoms. The molecular formula is C24H21N3O4. The molecule has 2 aromatic heterocycles. The lowest BCUT2D eigenvalue weighted by Crippen LogP contribution is -2.17. The third-order valence-corrected chi connectivity index (χ3v) is 5.59. The molecule has 0 radical (unpaired) electrons. The number of hydrogen-bond donors (Lipinski definition) is 2. The van der Waals surface area contributed by atoms with Crippen LogP contribution in [0.25, 0.3) is 22.4 Å². The molecule has 7 heteroatoms. The Balaban J connectivity index is 1.62. The van der Waals surface area contributed by atoms with E-state index in [0.29, 0.717) is 34.5 Å². The van der Waals surface area contributed by atoms with Crippen LogP contribution in [0.3, 0.4) is 0 Å². The van der Waals surface area contributed by atoms with E-state index in [0.717, 1.165) is 19.4 Å². The van der Waals surface area contributed by atoms with Crippen molar-refractivity contribution in [3.8, 4) is 17.3 Å². The molecule has 0 aliphatic carbocycles. The summed E-state index contributed by atoms with van der Waals surface area (Å²) in [5.74, 6) is 0.0183. The van der Waals surface area contributed by atoms with Crippen LogP contribution in [0.5, 0.6) is 5.75 Å². The van der Waals surface area contributed by atoms with Crippen LogP contribution < -0.4 is 5.56 Å². The van der Waals surface area contributed by atoms with Crippen molar-refractivity contribution in [3.63, 3.8) is 0 Å². The van der Waals surface area contributed by atoms with Crippen molar-refractivity contribution in [2.45, 2.75) is 25.5 Å². The fourth-order valence-electron chi connectivity index (χ4n) is 4.02.